The van der Waals surface area contributed by atoms with E-state index in [-0.39, 0.29) is 23.8 Å². The van der Waals surface area contributed by atoms with Gasteiger partial charge in [0.05, 0.1) is 12.5 Å². The number of methoxy groups -OCH3 is 1. The molecule has 15 heavy (non-hydrogen) atoms. The Hall–Kier alpha value is -0.280. The normalized spacial score (nSPS) is 28.5. The van der Waals surface area contributed by atoms with Crippen molar-refractivity contribution >= 4 is 18.4 Å². The molecule has 2 rings (SSSR count). The zero-order chi connectivity index (χ0) is 10.0. The van der Waals surface area contributed by atoms with Crippen LogP contribution in [0.4, 0.5) is 0 Å². The van der Waals surface area contributed by atoms with Gasteiger partial charge < -0.3 is 10.1 Å². The smallest absolute Gasteiger partial charge is 0.313 e. The summed E-state index contributed by atoms with van der Waals surface area (Å²) in [5.41, 5.74) is -0.171. The highest BCUT2D eigenvalue weighted by atomic mass is 35.5. The van der Waals surface area contributed by atoms with Gasteiger partial charge in [0.25, 0.3) is 0 Å². The first-order valence-corrected chi connectivity index (χ1v) is 5.61. The van der Waals surface area contributed by atoms with Crippen molar-refractivity contribution in [2.45, 2.75) is 44.6 Å². The molecule has 0 aromatic heterocycles. The van der Waals surface area contributed by atoms with Gasteiger partial charge in [-0.05, 0) is 32.2 Å². The fourth-order valence-corrected chi connectivity index (χ4v) is 2.78. The molecule has 1 atom stereocenters. The quantitative estimate of drug-likeness (QED) is 0.741. The van der Waals surface area contributed by atoms with Crippen LogP contribution in [0.3, 0.4) is 0 Å². The Morgan fingerprint density at radius 1 is 1.33 bits per heavy atom. The first kappa shape index (κ1) is 12.8. The third-order valence-electron chi connectivity index (χ3n) is 3.82. The number of piperidine rings is 1. The van der Waals surface area contributed by atoms with Crippen LogP contribution in [0.5, 0.6) is 0 Å². The topological polar surface area (TPSA) is 38.3 Å². The summed E-state index contributed by atoms with van der Waals surface area (Å²) >= 11 is 0. The second-order valence-corrected chi connectivity index (χ2v) is 4.50. The molecule has 1 saturated carbocycles. The molecular weight excluding hydrogens is 214 g/mol. The van der Waals surface area contributed by atoms with Crippen molar-refractivity contribution in [3.05, 3.63) is 0 Å². The molecule has 1 N–H and O–H groups in total. The third kappa shape index (κ3) is 2.13. The molecule has 0 radical (unpaired) electrons. The summed E-state index contributed by atoms with van der Waals surface area (Å²) in [6, 6.07) is 0.373. The maximum atomic E-state index is 11.8. The maximum absolute atomic E-state index is 11.8. The number of nitrogens with one attached hydrogen (secondary N) is 1. The molecule has 3 nitrogen and oxygen atoms in total. The van der Waals surface area contributed by atoms with E-state index in [0.717, 1.165) is 25.8 Å². The summed E-state index contributed by atoms with van der Waals surface area (Å²) in [5, 5.41) is 3.48. The van der Waals surface area contributed by atoms with E-state index in [4.69, 9.17) is 4.74 Å². The Kier molecular flexibility index (Phi) is 4.41. The average molecular weight is 234 g/mol. The van der Waals surface area contributed by atoms with E-state index in [1.165, 1.54) is 26.4 Å². The number of esters is 1. The van der Waals surface area contributed by atoms with Crippen molar-refractivity contribution < 1.29 is 9.53 Å². The van der Waals surface area contributed by atoms with E-state index in [1.54, 1.807) is 0 Å². The molecule has 88 valence electrons. The second-order valence-electron chi connectivity index (χ2n) is 4.50. The summed E-state index contributed by atoms with van der Waals surface area (Å²) in [6.45, 7) is 1.06. The Labute approximate surface area is 97.4 Å². The Balaban J connectivity index is 0.00000112. The lowest BCUT2D eigenvalue weighted by Gasteiger charge is -2.46. The van der Waals surface area contributed by atoms with Crippen LogP contribution >= 0.6 is 12.4 Å². The molecule has 0 aromatic carbocycles. The molecule has 0 amide bonds. The fraction of sp³-hybridized carbons (Fsp3) is 0.909. The molecule has 1 aliphatic heterocycles. The van der Waals surface area contributed by atoms with Crippen LogP contribution in [0.15, 0.2) is 0 Å². The van der Waals surface area contributed by atoms with E-state index >= 15 is 0 Å². The Bertz CT molecular complexity index is 223. The number of halogens is 1. The van der Waals surface area contributed by atoms with E-state index in [1.807, 2.05) is 0 Å². The van der Waals surface area contributed by atoms with E-state index in [0.29, 0.717) is 6.04 Å². The zero-order valence-corrected chi connectivity index (χ0v) is 10.1. The van der Waals surface area contributed by atoms with Gasteiger partial charge >= 0.3 is 5.97 Å². The molecule has 0 spiro atoms. The minimum Gasteiger partial charge on any atom is -0.469 e. The minimum absolute atomic E-state index is 0. The van der Waals surface area contributed by atoms with E-state index < -0.39 is 0 Å². The number of hydrogen-bond acceptors (Lipinski definition) is 3. The molecule has 2 fully saturated rings. The molecular formula is C11H20ClNO2. The van der Waals surface area contributed by atoms with Crippen molar-refractivity contribution in [1.29, 1.82) is 0 Å². The Morgan fingerprint density at radius 3 is 2.47 bits per heavy atom. The van der Waals surface area contributed by atoms with Crippen molar-refractivity contribution in [2.75, 3.05) is 13.7 Å². The monoisotopic (exact) mass is 233 g/mol. The van der Waals surface area contributed by atoms with Crippen LogP contribution in [-0.4, -0.2) is 25.7 Å². The van der Waals surface area contributed by atoms with Crippen molar-refractivity contribution in [1.82, 2.24) is 5.32 Å². The molecule has 1 aliphatic carbocycles. The van der Waals surface area contributed by atoms with E-state index in [2.05, 4.69) is 5.32 Å². The van der Waals surface area contributed by atoms with Gasteiger partial charge in [-0.25, -0.2) is 0 Å². The SMILES string of the molecule is COC(=O)C1(C2CCCCN2)CCC1.Cl. The van der Waals surface area contributed by atoms with E-state index in [9.17, 15) is 4.79 Å². The Morgan fingerprint density at radius 2 is 2.07 bits per heavy atom. The maximum Gasteiger partial charge on any atom is 0.313 e. The summed E-state index contributed by atoms with van der Waals surface area (Å²) < 4.78 is 4.93. The molecule has 4 heteroatoms. The fourth-order valence-electron chi connectivity index (χ4n) is 2.78. The molecule has 0 aromatic rings. The summed E-state index contributed by atoms with van der Waals surface area (Å²) in [6.07, 6.45) is 6.82. The van der Waals surface area contributed by atoms with Crippen molar-refractivity contribution in [3.8, 4) is 0 Å². The van der Waals surface area contributed by atoms with Crippen LogP contribution in [0.1, 0.15) is 38.5 Å². The van der Waals surface area contributed by atoms with Gasteiger partial charge in [-0.1, -0.05) is 12.8 Å². The van der Waals surface area contributed by atoms with Gasteiger partial charge in [-0.2, -0.15) is 0 Å². The van der Waals surface area contributed by atoms with Gasteiger partial charge in [0, 0.05) is 6.04 Å². The van der Waals surface area contributed by atoms with Gasteiger partial charge in [0.1, 0.15) is 0 Å². The number of ether oxygens (including phenoxy) is 1. The summed E-state index contributed by atoms with van der Waals surface area (Å²) in [4.78, 5) is 11.8. The largest absolute Gasteiger partial charge is 0.469 e. The highest BCUT2D eigenvalue weighted by molar-refractivity contribution is 5.85. The molecule has 2 aliphatic rings. The highest BCUT2D eigenvalue weighted by Gasteiger charge is 2.51. The average Bonchev–Trinajstić information content (AvgIpc) is 2.17. The number of hydrogen-bond donors (Lipinski definition) is 1. The molecule has 1 unspecified atom stereocenters. The second kappa shape index (κ2) is 5.17. The van der Waals surface area contributed by atoms with Crippen LogP contribution in [0, 0.1) is 5.41 Å². The predicted octanol–water partition coefficient (Wildman–Crippen LogP) is 1.89. The zero-order valence-electron chi connectivity index (χ0n) is 9.25. The molecule has 0 bridgehead atoms. The van der Waals surface area contributed by atoms with Crippen LogP contribution in [0.2, 0.25) is 0 Å². The van der Waals surface area contributed by atoms with Crippen molar-refractivity contribution in [2.24, 2.45) is 5.41 Å². The number of rotatable bonds is 2. The van der Waals surface area contributed by atoms with Gasteiger partial charge in [0.15, 0.2) is 0 Å². The molecule has 1 saturated heterocycles. The summed E-state index contributed by atoms with van der Waals surface area (Å²) in [5.74, 6) is 0.00292. The standard InChI is InChI=1S/C11H19NO2.ClH/c1-14-10(13)11(6-4-7-11)9-5-2-3-8-12-9;/h9,12H,2-8H2,1H3;1H. The lowest BCUT2D eigenvalue weighted by Crippen LogP contribution is -2.56. The lowest BCUT2D eigenvalue weighted by atomic mass is 9.62. The molecule has 1 heterocycles. The first-order valence-electron chi connectivity index (χ1n) is 5.61. The van der Waals surface area contributed by atoms with Gasteiger partial charge in [-0.15, -0.1) is 12.4 Å². The minimum atomic E-state index is -0.171. The first-order chi connectivity index (χ1) is 6.79. The predicted molar refractivity (Wildman–Crippen MR) is 61.2 cm³/mol. The van der Waals surface area contributed by atoms with Crippen LogP contribution in [0.25, 0.3) is 0 Å². The highest BCUT2D eigenvalue weighted by Crippen LogP contribution is 2.46. The van der Waals surface area contributed by atoms with Crippen LogP contribution in [-0.2, 0) is 9.53 Å². The van der Waals surface area contributed by atoms with Gasteiger partial charge in [-0.3, -0.25) is 4.79 Å². The third-order valence-corrected chi connectivity index (χ3v) is 3.82. The van der Waals surface area contributed by atoms with Crippen LogP contribution < -0.4 is 5.32 Å². The van der Waals surface area contributed by atoms with Crippen molar-refractivity contribution in [3.63, 3.8) is 0 Å². The number of carbonyl (C=O) groups is 1. The summed E-state index contributed by atoms with van der Waals surface area (Å²) in [7, 11) is 1.51. The van der Waals surface area contributed by atoms with Gasteiger partial charge in [0.2, 0.25) is 0 Å². The number of carbonyl (C=O) groups excluding carboxylic acids is 1. The lowest BCUT2D eigenvalue weighted by molar-refractivity contribution is -0.162.